The van der Waals surface area contributed by atoms with Crippen molar-refractivity contribution >= 4 is 0 Å². The fourth-order valence-corrected chi connectivity index (χ4v) is 1.26. The van der Waals surface area contributed by atoms with E-state index >= 15 is 0 Å². The van der Waals surface area contributed by atoms with Crippen LogP contribution in [0.1, 0.15) is 19.4 Å². The Balaban J connectivity index is 2.40. The highest BCUT2D eigenvalue weighted by Gasteiger charge is 2.09. The number of nitrogens with zero attached hydrogens (tertiary/aromatic N) is 2. The highest BCUT2D eigenvalue weighted by Crippen LogP contribution is 2.01. The summed E-state index contributed by atoms with van der Waals surface area (Å²) in [6.45, 7) is 5.75. The minimum absolute atomic E-state index is 0.357. The molecule has 1 heterocycles. The summed E-state index contributed by atoms with van der Waals surface area (Å²) in [7, 11) is 0. The molecule has 0 spiro atoms. The summed E-state index contributed by atoms with van der Waals surface area (Å²) in [5.74, 6) is 0.546. The molecule has 0 aliphatic rings. The van der Waals surface area contributed by atoms with E-state index in [1.807, 2.05) is 12.4 Å². The quantitative estimate of drug-likeness (QED) is 0.718. The van der Waals surface area contributed by atoms with E-state index in [1.54, 1.807) is 0 Å². The minimum atomic E-state index is 0.357. The Labute approximate surface area is 85.0 Å². The minimum Gasteiger partial charge on any atom is -0.329 e. The van der Waals surface area contributed by atoms with Gasteiger partial charge in [0.2, 0.25) is 0 Å². The van der Waals surface area contributed by atoms with Crippen LogP contribution in [0.25, 0.3) is 0 Å². The van der Waals surface area contributed by atoms with Gasteiger partial charge in [-0.2, -0.15) is 0 Å². The van der Waals surface area contributed by atoms with Gasteiger partial charge in [-0.05, 0) is 5.92 Å². The van der Waals surface area contributed by atoms with E-state index in [2.05, 4.69) is 29.1 Å². The molecule has 1 unspecified atom stereocenters. The van der Waals surface area contributed by atoms with Crippen LogP contribution >= 0.6 is 0 Å². The summed E-state index contributed by atoms with van der Waals surface area (Å²) in [5, 5.41) is 3.38. The fourth-order valence-electron chi connectivity index (χ4n) is 1.26. The first kappa shape index (κ1) is 11.1. The molecule has 1 atom stereocenters. The normalized spacial score (nSPS) is 13.1. The highest BCUT2D eigenvalue weighted by atomic mass is 14.9. The topological polar surface area (TPSA) is 63.8 Å². The number of rotatable bonds is 5. The summed E-state index contributed by atoms with van der Waals surface area (Å²) in [6, 6.07) is 0.357. The molecule has 0 aromatic carbocycles. The van der Waals surface area contributed by atoms with Crippen molar-refractivity contribution in [2.45, 2.75) is 26.4 Å². The molecule has 4 heteroatoms. The zero-order valence-electron chi connectivity index (χ0n) is 8.77. The Morgan fingerprint density at radius 3 is 2.50 bits per heavy atom. The lowest BCUT2D eigenvalue weighted by Gasteiger charge is -2.20. The number of aromatic nitrogens is 2. The van der Waals surface area contributed by atoms with Gasteiger partial charge in [-0.1, -0.05) is 13.8 Å². The van der Waals surface area contributed by atoms with Gasteiger partial charge in [-0.3, -0.25) is 0 Å². The predicted molar refractivity (Wildman–Crippen MR) is 56.6 cm³/mol. The molecular formula is C10H18N4. The lowest BCUT2D eigenvalue weighted by Crippen LogP contribution is -2.39. The molecule has 0 aliphatic heterocycles. The van der Waals surface area contributed by atoms with E-state index in [-0.39, 0.29) is 0 Å². The van der Waals surface area contributed by atoms with Crippen LogP contribution in [0.4, 0.5) is 0 Å². The molecule has 14 heavy (non-hydrogen) atoms. The summed E-state index contributed by atoms with van der Waals surface area (Å²) in [4.78, 5) is 7.90. The Morgan fingerprint density at radius 2 is 2.00 bits per heavy atom. The fraction of sp³-hybridized carbons (Fsp3) is 0.600. The SMILES string of the molecule is CC(C)C(CN)NCc1cncnc1. The Morgan fingerprint density at radius 1 is 1.36 bits per heavy atom. The summed E-state index contributed by atoms with van der Waals surface area (Å²) < 4.78 is 0. The highest BCUT2D eigenvalue weighted by molar-refractivity contribution is 5.01. The van der Waals surface area contributed by atoms with Crippen LogP contribution in [0.3, 0.4) is 0 Å². The zero-order chi connectivity index (χ0) is 10.4. The Kier molecular flexibility index (Phi) is 4.49. The maximum atomic E-state index is 5.64. The van der Waals surface area contributed by atoms with E-state index in [1.165, 1.54) is 6.33 Å². The third-order valence-corrected chi connectivity index (χ3v) is 2.24. The second kappa shape index (κ2) is 5.67. The third-order valence-electron chi connectivity index (χ3n) is 2.24. The number of hydrogen-bond donors (Lipinski definition) is 2. The van der Waals surface area contributed by atoms with Crippen LogP contribution in [0.15, 0.2) is 18.7 Å². The van der Waals surface area contributed by atoms with Gasteiger partial charge in [0.25, 0.3) is 0 Å². The molecule has 0 saturated heterocycles. The summed E-state index contributed by atoms with van der Waals surface area (Å²) in [5.41, 5.74) is 6.73. The number of nitrogens with two attached hydrogens (primary N) is 1. The van der Waals surface area contributed by atoms with Crippen molar-refractivity contribution in [2.75, 3.05) is 6.54 Å². The van der Waals surface area contributed by atoms with Crippen molar-refractivity contribution in [1.29, 1.82) is 0 Å². The standard InChI is InChI=1S/C10H18N4/c1-8(2)10(3-11)14-6-9-4-12-7-13-5-9/h4-5,7-8,10,14H,3,6,11H2,1-2H3. The van der Waals surface area contributed by atoms with E-state index in [4.69, 9.17) is 5.73 Å². The molecule has 0 saturated carbocycles. The van der Waals surface area contributed by atoms with Gasteiger partial charge in [0, 0.05) is 37.1 Å². The van der Waals surface area contributed by atoms with Crippen molar-refractivity contribution in [3.05, 3.63) is 24.3 Å². The van der Waals surface area contributed by atoms with E-state index < -0.39 is 0 Å². The molecule has 3 N–H and O–H groups in total. The molecule has 0 aliphatic carbocycles. The monoisotopic (exact) mass is 194 g/mol. The third kappa shape index (κ3) is 3.40. The van der Waals surface area contributed by atoms with Crippen LogP contribution in [0.5, 0.6) is 0 Å². The van der Waals surface area contributed by atoms with Crippen LogP contribution in [-0.2, 0) is 6.54 Å². The largest absolute Gasteiger partial charge is 0.329 e. The van der Waals surface area contributed by atoms with E-state index in [0.717, 1.165) is 12.1 Å². The smallest absolute Gasteiger partial charge is 0.115 e. The van der Waals surface area contributed by atoms with Gasteiger partial charge in [0.1, 0.15) is 6.33 Å². The van der Waals surface area contributed by atoms with Gasteiger partial charge in [-0.15, -0.1) is 0 Å². The molecule has 4 nitrogen and oxygen atoms in total. The second-order valence-corrected chi connectivity index (χ2v) is 3.71. The second-order valence-electron chi connectivity index (χ2n) is 3.71. The van der Waals surface area contributed by atoms with Crippen molar-refractivity contribution in [1.82, 2.24) is 15.3 Å². The first-order chi connectivity index (χ1) is 6.74. The molecule has 0 fully saturated rings. The molecule has 78 valence electrons. The Hall–Kier alpha value is -1.00. The van der Waals surface area contributed by atoms with Crippen LogP contribution < -0.4 is 11.1 Å². The summed E-state index contributed by atoms with van der Waals surface area (Å²) in [6.07, 6.45) is 5.16. The lowest BCUT2D eigenvalue weighted by atomic mass is 10.0. The molecule has 0 radical (unpaired) electrons. The number of hydrogen-bond acceptors (Lipinski definition) is 4. The maximum Gasteiger partial charge on any atom is 0.115 e. The van der Waals surface area contributed by atoms with Crippen LogP contribution in [0, 0.1) is 5.92 Å². The van der Waals surface area contributed by atoms with Crippen molar-refractivity contribution < 1.29 is 0 Å². The van der Waals surface area contributed by atoms with Gasteiger partial charge < -0.3 is 11.1 Å². The molecular weight excluding hydrogens is 176 g/mol. The first-order valence-electron chi connectivity index (χ1n) is 4.91. The number of nitrogens with one attached hydrogen (secondary N) is 1. The van der Waals surface area contributed by atoms with Crippen LogP contribution in [0.2, 0.25) is 0 Å². The predicted octanol–water partition coefficient (Wildman–Crippen LogP) is 0.549. The molecule has 1 aromatic heterocycles. The van der Waals surface area contributed by atoms with Gasteiger partial charge in [0.15, 0.2) is 0 Å². The van der Waals surface area contributed by atoms with Gasteiger partial charge in [0.05, 0.1) is 0 Å². The first-order valence-corrected chi connectivity index (χ1v) is 4.91. The van der Waals surface area contributed by atoms with Crippen molar-refractivity contribution in [2.24, 2.45) is 11.7 Å². The van der Waals surface area contributed by atoms with Gasteiger partial charge in [-0.25, -0.2) is 9.97 Å². The molecule has 1 aromatic rings. The van der Waals surface area contributed by atoms with E-state index in [0.29, 0.717) is 18.5 Å². The molecule has 1 rings (SSSR count). The van der Waals surface area contributed by atoms with E-state index in [9.17, 15) is 0 Å². The van der Waals surface area contributed by atoms with Crippen LogP contribution in [-0.4, -0.2) is 22.6 Å². The molecule has 0 bridgehead atoms. The average Bonchev–Trinajstić information content (AvgIpc) is 2.20. The van der Waals surface area contributed by atoms with Gasteiger partial charge >= 0.3 is 0 Å². The van der Waals surface area contributed by atoms with Crippen molar-refractivity contribution in [3.63, 3.8) is 0 Å². The maximum absolute atomic E-state index is 5.64. The lowest BCUT2D eigenvalue weighted by molar-refractivity contribution is 0.404. The zero-order valence-corrected chi connectivity index (χ0v) is 8.77. The average molecular weight is 194 g/mol. The summed E-state index contributed by atoms with van der Waals surface area (Å²) >= 11 is 0. The Bertz CT molecular complexity index is 248. The van der Waals surface area contributed by atoms with Crippen molar-refractivity contribution in [3.8, 4) is 0 Å². The molecule has 0 amide bonds.